The maximum absolute atomic E-state index is 2.45. The summed E-state index contributed by atoms with van der Waals surface area (Å²) in [6.45, 7) is 0. The molecule has 0 spiro atoms. The van der Waals surface area contributed by atoms with Crippen molar-refractivity contribution in [1.82, 2.24) is 0 Å². The van der Waals surface area contributed by atoms with Crippen molar-refractivity contribution < 1.29 is 73.3 Å². The van der Waals surface area contributed by atoms with Crippen LogP contribution in [-0.2, 0) is 48.5 Å². The summed E-state index contributed by atoms with van der Waals surface area (Å²) in [5, 5.41) is 11.9. The van der Waals surface area contributed by atoms with Crippen LogP contribution >= 0.6 is 0 Å². The van der Waals surface area contributed by atoms with E-state index in [1.807, 2.05) is 0 Å². The second-order valence-corrected chi connectivity index (χ2v) is 35.1. The van der Waals surface area contributed by atoms with Gasteiger partial charge in [-0.2, -0.15) is 0 Å². The summed E-state index contributed by atoms with van der Waals surface area (Å²) < 4.78 is 3.59. The van der Waals surface area contributed by atoms with Crippen LogP contribution in [0.2, 0.25) is 0 Å². The Labute approximate surface area is 612 Å². The smallest absolute Gasteiger partial charge is 0.0430 e. The molecule has 500 valence electrons. The zero-order valence-electron chi connectivity index (χ0n) is 57.8. The topological polar surface area (TPSA) is 0 Å². The SMILES string of the molecule is [Cl-].[Cl-].[Zr+2]=[C]1CCCC1.[Zr+2]=[C]1CCCC1.c1ccc2c(C(C3CCCC3)C3CCCC3)c[cH-]c2c1.c1ccc2c(C(C3CCCC3)C3CCCC3)c[cH-]c2c1.c1ccc2c(C(C3CCCC3)C3CCCC3)c[cH-]c2c1.c1ccc2c(C(C3CCCC3)C3CCCC3)c[cH-]c2c1. The summed E-state index contributed by atoms with van der Waals surface area (Å²) in [5.74, 6) is 11.1. The third-order valence-electron chi connectivity index (χ3n) is 26.0. The van der Waals surface area contributed by atoms with Crippen LogP contribution in [0, 0.1) is 47.3 Å². The average molecular weight is 1450 g/mol. The standard InChI is InChI=1S/4C20H25.2C5H8.2ClH.2Zr/c4*1-2-9-16(8-1)20(17-10-3-4-11-17)19-14-13-15-7-5-6-12-18(15)19;2*1-2-4-5-3-1;;;;/h4*5-7,12-14,16-17,20H,1-4,8-11H2;2*1-4H2;2*1H;;/q4*-1;;;;;2*+2/p-2. The Kier molecular flexibility index (Phi) is 28.7. The van der Waals surface area contributed by atoms with E-state index in [2.05, 4.69) is 146 Å². The summed E-state index contributed by atoms with van der Waals surface area (Å²) in [5.41, 5.74) is 6.72. The molecule has 10 aliphatic rings. The zero-order chi connectivity index (χ0) is 62.3. The molecule has 0 heterocycles. The van der Waals surface area contributed by atoms with Gasteiger partial charge < -0.3 is 24.8 Å². The second-order valence-electron chi connectivity index (χ2n) is 31.6. The fraction of sp³-hybridized carbons (Fsp3) is 0.578. The van der Waals surface area contributed by atoms with Gasteiger partial charge >= 0.3 is 106 Å². The van der Waals surface area contributed by atoms with Crippen molar-refractivity contribution in [2.24, 2.45) is 47.3 Å². The van der Waals surface area contributed by atoms with E-state index < -0.39 is 0 Å². The minimum atomic E-state index is 0. The normalized spacial score (nSPS) is 21.1. The molecule has 10 aliphatic carbocycles. The van der Waals surface area contributed by atoms with E-state index in [9.17, 15) is 0 Å². The molecule has 94 heavy (non-hydrogen) atoms. The van der Waals surface area contributed by atoms with Crippen molar-refractivity contribution >= 4 is 49.5 Å². The number of fused-ring (bicyclic) bond motifs is 4. The van der Waals surface area contributed by atoms with Crippen molar-refractivity contribution in [2.45, 2.75) is 281 Å². The van der Waals surface area contributed by atoms with Crippen molar-refractivity contribution in [3.05, 3.63) is 168 Å². The molecule has 0 nitrogen and oxygen atoms in total. The van der Waals surface area contributed by atoms with E-state index in [1.54, 1.807) is 77.1 Å². The molecule has 0 bridgehead atoms. The molecule has 0 aromatic heterocycles. The van der Waals surface area contributed by atoms with Crippen LogP contribution in [-0.4, -0.2) is 6.41 Å². The number of halogens is 2. The maximum Gasteiger partial charge on any atom is -0.0430 e. The van der Waals surface area contributed by atoms with Gasteiger partial charge in [-0.05, 0) is 47.3 Å². The molecule has 10 fully saturated rings. The molecule has 0 saturated heterocycles. The molecule has 0 N–H and O–H groups in total. The van der Waals surface area contributed by atoms with Crippen LogP contribution in [0.5, 0.6) is 0 Å². The third kappa shape index (κ3) is 18.3. The van der Waals surface area contributed by atoms with Crippen LogP contribution in [0.4, 0.5) is 0 Å². The number of hydrogen-bond acceptors (Lipinski definition) is 0. The molecule has 0 aliphatic heterocycles. The first-order valence-corrected chi connectivity index (χ1v) is 41.7. The first kappa shape index (κ1) is 72.7. The van der Waals surface area contributed by atoms with Gasteiger partial charge in [0.2, 0.25) is 0 Å². The van der Waals surface area contributed by atoms with Gasteiger partial charge in [0.25, 0.3) is 0 Å². The molecular formula is C90H116Cl2Zr2-2. The Morgan fingerprint density at radius 1 is 0.234 bits per heavy atom. The largest absolute Gasteiger partial charge is 0.150 e. The molecule has 0 radical (unpaired) electrons. The van der Waals surface area contributed by atoms with Gasteiger partial charge in [0.1, 0.15) is 0 Å². The fourth-order valence-corrected chi connectivity index (χ4v) is 23.3. The molecule has 10 saturated carbocycles. The van der Waals surface area contributed by atoms with E-state index in [0.717, 1.165) is 71.0 Å². The quantitative estimate of drug-likeness (QED) is 0.107. The molecule has 18 rings (SSSR count). The Morgan fingerprint density at radius 3 is 0.543 bits per heavy atom. The van der Waals surface area contributed by atoms with Crippen molar-refractivity contribution in [3.63, 3.8) is 0 Å². The zero-order valence-corrected chi connectivity index (χ0v) is 64.3. The minimum Gasteiger partial charge on any atom is -0.150 e. The first-order valence-electron chi connectivity index (χ1n) is 39.2. The third-order valence-corrected chi connectivity index (χ3v) is 28.4. The Bertz CT molecular complexity index is 2970. The summed E-state index contributed by atoms with van der Waals surface area (Å²) in [6, 6.07) is 55.2. The van der Waals surface area contributed by atoms with E-state index in [0.29, 0.717) is 0 Å². The number of benzene rings is 4. The van der Waals surface area contributed by atoms with Gasteiger partial charge in [0.05, 0.1) is 0 Å². The monoisotopic (exact) mass is 1450 g/mol. The number of rotatable bonds is 12. The van der Waals surface area contributed by atoms with E-state index >= 15 is 0 Å². The molecule has 8 aromatic rings. The van der Waals surface area contributed by atoms with Crippen LogP contribution in [0.15, 0.2) is 146 Å². The van der Waals surface area contributed by atoms with E-state index in [-0.39, 0.29) is 24.8 Å². The van der Waals surface area contributed by atoms with Crippen LogP contribution in [0.25, 0.3) is 43.1 Å². The van der Waals surface area contributed by atoms with Gasteiger partial charge in [-0.3, -0.25) is 0 Å². The predicted octanol–water partition coefficient (Wildman–Crippen LogP) is 20.7. The summed E-state index contributed by atoms with van der Waals surface area (Å²) in [4.78, 5) is 0. The average Bonchev–Trinajstić information content (AvgIpc) is 1.67. The van der Waals surface area contributed by atoms with Gasteiger partial charge in [-0.25, -0.2) is 0 Å². The molecule has 4 heteroatoms. The van der Waals surface area contributed by atoms with E-state index in [4.69, 9.17) is 0 Å². The summed E-state index contributed by atoms with van der Waals surface area (Å²) in [6.07, 6.45) is 58.7. The maximum atomic E-state index is 2.45. The molecule has 0 unspecified atom stereocenters. The van der Waals surface area contributed by atoms with Crippen LogP contribution < -0.4 is 24.8 Å². The van der Waals surface area contributed by atoms with Crippen molar-refractivity contribution in [2.75, 3.05) is 0 Å². The van der Waals surface area contributed by atoms with Crippen LogP contribution in [0.1, 0.15) is 303 Å². The Morgan fingerprint density at radius 2 is 0.394 bits per heavy atom. The van der Waals surface area contributed by atoms with Gasteiger partial charge in [0.15, 0.2) is 0 Å². The summed E-state index contributed by atoms with van der Waals surface area (Å²) >= 11 is 3.36. The van der Waals surface area contributed by atoms with Gasteiger partial charge in [-0.1, -0.05) is 253 Å². The Balaban J connectivity index is 0.000000120. The van der Waals surface area contributed by atoms with Crippen molar-refractivity contribution in [1.29, 1.82) is 0 Å². The van der Waals surface area contributed by atoms with E-state index in [1.165, 1.54) is 300 Å². The second kappa shape index (κ2) is 37.2. The molecule has 0 amide bonds. The molecule has 8 aromatic carbocycles. The summed E-state index contributed by atoms with van der Waals surface area (Å²) in [7, 11) is 0. The first-order chi connectivity index (χ1) is 45.5. The Hall–Kier alpha value is -2.59. The molecule has 0 atom stereocenters. The number of hydrogen-bond donors (Lipinski definition) is 0. The fourth-order valence-electron chi connectivity index (χ4n) is 21.6. The van der Waals surface area contributed by atoms with Crippen molar-refractivity contribution in [3.8, 4) is 0 Å². The van der Waals surface area contributed by atoms with Crippen LogP contribution in [0.3, 0.4) is 0 Å². The minimum absolute atomic E-state index is 0. The predicted molar refractivity (Wildman–Crippen MR) is 392 cm³/mol. The molecular weight excluding hydrogens is 1330 g/mol. The van der Waals surface area contributed by atoms with Gasteiger partial charge in [0, 0.05) is 0 Å². The van der Waals surface area contributed by atoms with Gasteiger partial charge in [-0.15, -0.1) is 187 Å².